The molecule has 0 atom stereocenters. The summed E-state index contributed by atoms with van der Waals surface area (Å²) in [6.45, 7) is 5.84. The topological polar surface area (TPSA) is 67.8 Å². The van der Waals surface area contributed by atoms with Gasteiger partial charge in [-0.1, -0.05) is 24.3 Å². The van der Waals surface area contributed by atoms with Crippen molar-refractivity contribution in [1.82, 2.24) is 10.3 Å². The molecule has 3 aromatic rings. The van der Waals surface area contributed by atoms with E-state index >= 15 is 0 Å². The molecule has 0 saturated carbocycles. The van der Waals surface area contributed by atoms with Gasteiger partial charge in [0.05, 0.1) is 25.8 Å². The standard InChI is InChI=1S/C22H26N4O2/c1-4-23-22(26-18-11-12-19(27-3)20(14-18)28-5-2)25-15-17-9-6-8-16-10-7-13-24-21(16)17/h6-14H,4-5,15H2,1-3H3,(H2,23,25,26). The lowest BCUT2D eigenvalue weighted by molar-refractivity contribution is 0.311. The normalized spacial score (nSPS) is 11.3. The second kappa shape index (κ2) is 9.60. The Bertz CT molecular complexity index is 951. The molecule has 0 aliphatic rings. The Morgan fingerprint density at radius 3 is 2.71 bits per heavy atom. The number of guanidine groups is 1. The lowest BCUT2D eigenvalue weighted by Crippen LogP contribution is -2.30. The van der Waals surface area contributed by atoms with E-state index in [4.69, 9.17) is 14.5 Å². The highest BCUT2D eigenvalue weighted by molar-refractivity contribution is 5.94. The van der Waals surface area contributed by atoms with Gasteiger partial charge in [-0.25, -0.2) is 4.99 Å². The quantitative estimate of drug-likeness (QED) is 0.476. The summed E-state index contributed by atoms with van der Waals surface area (Å²) in [5.74, 6) is 2.10. The molecular weight excluding hydrogens is 352 g/mol. The van der Waals surface area contributed by atoms with Crippen LogP contribution in [0.1, 0.15) is 19.4 Å². The van der Waals surface area contributed by atoms with Crippen molar-refractivity contribution in [3.05, 3.63) is 60.3 Å². The van der Waals surface area contributed by atoms with E-state index in [1.54, 1.807) is 7.11 Å². The number of nitrogens with zero attached hydrogens (tertiary/aromatic N) is 2. The van der Waals surface area contributed by atoms with Crippen molar-refractivity contribution in [2.45, 2.75) is 20.4 Å². The summed E-state index contributed by atoms with van der Waals surface area (Å²) in [6.07, 6.45) is 1.81. The van der Waals surface area contributed by atoms with Crippen LogP contribution < -0.4 is 20.1 Å². The summed E-state index contributed by atoms with van der Waals surface area (Å²) < 4.78 is 11.0. The van der Waals surface area contributed by atoms with Gasteiger partial charge in [-0.15, -0.1) is 0 Å². The second-order valence-corrected chi connectivity index (χ2v) is 6.11. The first-order valence-electron chi connectivity index (χ1n) is 9.44. The number of fused-ring (bicyclic) bond motifs is 1. The van der Waals surface area contributed by atoms with Gasteiger partial charge in [-0.05, 0) is 37.6 Å². The van der Waals surface area contributed by atoms with Gasteiger partial charge >= 0.3 is 0 Å². The van der Waals surface area contributed by atoms with E-state index in [1.165, 1.54) is 0 Å². The Morgan fingerprint density at radius 2 is 1.93 bits per heavy atom. The Labute approximate surface area is 165 Å². The van der Waals surface area contributed by atoms with Crippen molar-refractivity contribution in [3.63, 3.8) is 0 Å². The van der Waals surface area contributed by atoms with E-state index in [1.807, 2.05) is 50.4 Å². The van der Waals surface area contributed by atoms with E-state index in [2.05, 4.69) is 33.8 Å². The maximum atomic E-state index is 5.65. The maximum Gasteiger partial charge on any atom is 0.196 e. The zero-order valence-corrected chi connectivity index (χ0v) is 16.5. The molecular formula is C22H26N4O2. The third-order valence-corrected chi connectivity index (χ3v) is 4.19. The lowest BCUT2D eigenvalue weighted by atomic mass is 10.1. The van der Waals surface area contributed by atoms with Gasteiger partial charge in [0.25, 0.3) is 0 Å². The average molecular weight is 378 g/mol. The average Bonchev–Trinajstić information content (AvgIpc) is 2.72. The molecule has 2 N–H and O–H groups in total. The molecule has 6 nitrogen and oxygen atoms in total. The summed E-state index contributed by atoms with van der Waals surface area (Å²) >= 11 is 0. The highest BCUT2D eigenvalue weighted by Crippen LogP contribution is 2.30. The molecule has 0 fully saturated rings. The molecule has 2 aromatic carbocycles. The van der Waals surface area contributed by atoms with Crippen LogP contribution in [0.3, 0.4) is 0 Å². The van der Waals surface area contributed by atoms with Gasteiger partial charge in [-0.3, -0.25) is 4.98 Å². The number of hydrogen-bond donors (Lipinski definition) is 2. The first-order valence-corrected chi connectivity index (χ1v) is 9.44. The van der Waals surface area contributed by atoms with Crippen LogP contribution in [0.25, 0.3) is 10.9 Å². The van der Waals surface area contributed by atoms with Crippen LogP contribution in [0, 0.1) is 0 Å². The third-order valence-electron chi connectivity index (χ3n) is 4.19. The number of aliphatic imine (C=N–C) groups is 1. The number of ether oxygens (including phenoxy) is 2. The molecule has 1 aromatic heterocycles. The molecule has 0 aliphatic carbocycles. The lowest BCUT2D eigenvalue weighted by Gasteiger charge is -2.14. The van der Waals surface area contributed by atoms with E-state index in [-0.39, 0.29) is 0 Å². The van der Waals surface area contributed by atoms with E-state index in [9.17, 15) is 0 Å². The minimum atomic E-state index is 0.526. The molecule has 28 heavy (non-hydrogen) atoms. The van der Waals surface area contributed by atoms with Crippen molar-refractivity contribution < 1.29 is 9.47 Å². The number of rotatable bonds is 7. The monoisotopic (exact) mass is 378 g/mol. The smallest absolute Gasteiger partial charge is 0.196 e. The number of benzene rings is 2. The second-order valence-electron chi connectivity index (χ2n) is 6.11. The molecule has 0 bridgehead atoms. The molecule has 0 spiro atoms. The molecule has 0 radical (unpaired) electrons. The van der Waals surface area contributed by atoms with Crippen LogP contribution in [-0.4, -0.2) is 31.2 Å². The van der Waals surface area contributed by atoms with Gasteiger partial charge in [-0.2, -0.15) is 0 Å². The fraction of sp³-hybridized carbons (Fsp3) is 0.273. The molecule has 3 rings (SSSR count). The van der Waals surface area contributed by atoms with Crippen molar-refractivity contribution in [2.75, 3.05) is 25.6 Å². The third kappa shape index (κ3) is 4.71. The Balaban J connectivity index is 1.82. The number of methoxy groups -OCH3 is 1. The zero-order chi connectivity index (χ0) is 19.8. The predicted octanol–water partition coefficient (Wildman–Crippen LogP) is 4.22. The van der Waals surface area contributed by atoms with Crippen molar-refractivity contribution in [3.8, 4) is 11.5 Å². The predicted molar refractivity (Wildman–Crippen MR) is 114 cm³/mol. The molecule has 0 amide bonds. The minimum Gasteiger partial charge on any atom is -0.493 e. The van der Waals surface area contributed by atoms with Crippen molar-refractivity contribution >= 4 is 22.5 Å². The summed E-state index contributed by atoms with van der Waals surface area (Å²) in [4.78, 5) is 9.23. The van der Waals surface area contributed by atoms with E-state index < -0.39 is 0 Å². The molecule has 6 heteroatoms. The van der Waals surface area contributed by atoms with Crippen LogP contribution in [0.15, 0.2) is 59.7 Å². The van der Waals surface area contributed by atoms with Gasteiger partial charge in [0.1, 0.15) is 0 Å². The van der Waals surface area contributed by atoms with Gasteiger partial charge in [0, 0.05) is 29.9 Å². The van der Waals surface area contributed by atoms with Crippen molar-refractivity contribution in [2.24, 2.45) is 4.99 Å². The molecule has 146 valence electrons. The van der Waals surface area contributed by atoms with Crippen LogP contribution >= 0.6 is 0 Å². The van der Waals surface area contributed by atoms with Gasteiger partial charge in [0.2, 0.25) is 0 Å². The SMILES string of the molecule is CCNC(=NCc1cccc2cccnc12)Nc1ccc(OC)c(OCC)c1. The summed E-state index contributed by atoms with van der Waals surface area (Å²) in [7, 11) is 1.63. The summed E-state index contributed by atoms with van der Waals surface area (Å²) in [5, 5.41) is 7.72. The Morgan fingerprint density at radius 1 is 1.07 bits per heavy atom. The fourth-order valence-corrected chi connectivity index (χ4v) is 2.93. The first kappa shape index (κ1) is 19.5. The van der Waals surface area contributed by atoms with Crippen LogP contribution in [0.4, 0.5) is 5.69 Å². The van der Waals surface area contributed by atoms with Gasteiger partial charge in [0.15, 0.2) is 17.5 Å². The number of aromatic nitrogens is 1. The molecule has 0 aliphatic heterocycles. The zero-order valence-electron chi connectivity index (χ0n) is 16.5. The number of hydrogen-bond acceptors (Lipinski definition) is 4. The highest BCUT2D eigenvalue weighted by atomic mass is 16.5. The first-order chi connectivity index (χ1) is 13.7. The highest BCUT2D eigenvalue weighted by Gasteiger charge is 2.07. The van der Waals surface area contributed by atoms with Gasteiger partial charge < -0.3 is 20.1 Å². The van der Waals surface area contributed by atoms with Crippen LogP contribution in [0.5, 0.6) is 11.5 Å². The van der Waals surface area contributed by atoms with Crippen molar-refractivity contribution in [1.29, 1.82) is 0 Å². The number of anilines is 1. The Hall–Kier alpha value is -3.28. The van der Waals surface area contributed by atoms with Crippen LogP contribution in [0.2, 0.25) is 0 Å². The van der Waals surface area contributed by atoms with E-state index in [0.29, 0.717) is 30.6 Å². The summed E-state index contributed by atoms with van der Waals surface area (Å²) in [6, 6.07) is 15.9. The molecule has 0 unspecified atom stereocenters. The number of nitrogens with one attached hydrogen (secondary N) is 2. The molecule has 1 heterocycles. The van der Waals surface area contributed by atoms with Crippen LogP contribution in [-0.2, 0) is 6.54 Å². The largest absolute Gasteiger partial charge is 0.493 e. The van der Waals surface area contributed by atoms with E-state index in [0.717, 1.165) is 28.7 Å². The molecule has 0 saturated heterocycles. The number of pyridine rings is 1. The summed E-state index contributed by atoms with van der Waals surface area (Å²) in [5.41, 5.74) is 2.94. The maximum absolute atomic E-state index is 5.65. The fourth-order valence-electron chi connectivity index (χ4n) is 2.93. The minimum absolute atomic E-state index is 0.526. The Kier molecular flexibility index (Phi) is 6.68. The number of para-hydroxylation sites is 1.